The molecule has 0 aromatic heterocycles. The van der Waals surface area contributed by atoms with Gasteiger partial charge in [-0.25, -0.2) is 0 Å². The van der Waals surface area contributed by atoms with Gasteiger partial charge in [0.2, 0.25) is 0 Å². The van der Waals surface area contributed by atoms with Crippen LogP contribution < -0.4 is 0 Å². The summed E-state index contributed by atoms with van der Waals surface area (Å²) in [5, 5.41) is 8.49. The highest BCUT2D eigenvalue weighted by Gasteiger charge is 1.92. The van der Waals surface area contributed by atoms with Crippen LogP contribution >= 0.6 is 0 Å². The second-order valence-corrected chi connectivity index (χ2v) is 6.72. The van der Waals surface area contributed by atoms with Gasteiger partial charge in [0, 0.05) is 6.42 Å². The largest absolute Gasteiger partial charge is 0.481 e. The quantitative estimate of drug-likeness (QED) is 0.287. The fraction of sp³-hybridized carbons (Fsp3) is 0.609. The number of rotatable bonds is 14. The Labute approximate surface area is 162 Å². The minimum absolute atomic E-state index is 0.262. The van der Waals surface area contributed by atoms with Gasteiger partial charge in [0.15, 0.2) is 0 Å². The third-order valence-electron chi connectivity index (χ3n) is 3.22. The molecule has 150 valence electrons. The standard InChI is InChI=1S/C20H32O2.C3H9N/c1-2-3-4-5-6-7-8-9-10-11-12-13-14-15-16-17-18-19-20(21)22;1-4(2)3/h6-7,9-10,12-13,15-16H,2-5,8,11,14,17-19H2,1H3,(H,21,22);1-3H3. The van der Waals surface area contributed by atoms with Crippen molar-refractivity contribution in [2.75, 3.05) is 21.1 Å². The molecule has 3 nitrogen and oxygen atoms in total. The zero-order valence-corrected chi connectivity index (χ0v) is 17.5. The highest BCUT2D eigenvalue weighted by Crippen LogP contribution is 2.01. The highest BCUT2D eigenvalue weighted by molar-refractivity contribution is 5.66. The predicted molar refractivity (Wildman–Crippen MR) is 116 cm³/mol. The molecule has 0 amide bonds. The zero-order valence-electron chi connectivity index (χ0n) is 17.5. The van der Waals surface area contributed by atoms with Gasteiger partial charge in [-0.2, -0.15) is 0 Å². The van der Waals surface area contributed by atoms with Crippen molar-refractivity contribution in [3.05, 3.63) is 48.6 Å². The molecule has 0 fully saturated rings. The summed E-state index contributed by atoms with van der Waals surface area (Å²) in [4.78, 5) is 12.3. The maximum atomic E-state index is 10.3. The fourth-order valence-electron chi connectivity index (χ4n) is 1.93. The molecule has 3 heteroatoms. The lowest BCUT2D eigenvalue weighted by atomic mass is 10.2. The van der Waals surface area contributed by atoms with E-state index in [1.165, 1.54) is 25.7 Å². The van der Waals surface area contributed by atoms with Crippen LogP contribution in [0.4, 0.5) is 0 Å². The normalized spacial score (nSPS) is 11.9. The Bertz CT molecular complexity index is 404. The van der Waals surface area contributed by atoms with E-state index in [0.717, 1.165) is 32.1 Å². The number of carbonyl (C=O) groups is 1. The van der Waals surface area contributed by atoms with Crippen molar-refractivity contribution in [1.29, 1.82) is 0 Å². The van der Waals surface area contributed by atoms with Crippen LogP contribution in [0.15, 0.2) is 48.6 Å². The third-order valence-corrected chi connectivity index (χ3v) is 3.22. The van der Waals surface area contributed by atoms with E-state index in [1.807, 2.05) is 26.0 Å². The molecular formula is C23H41NO2. The van der Waals surface area contributed by atoms with Crippen LogP contribution in [-0.2, 0) is 4.79 Å². The molecule has 0 rings (SSSR count). The van der Waals surface area contributed by atoms with Crippen molar-refractivity contribution < 1.29 is 9.90 Å². The number of hydrogen-bond donors (Lipinski definition) is 1. The molecule has 0 aromatic carbocycles. The molecule has 0 saturated carbocycles. The molecule has 0 aliphatic carbocycles. The maximum Gasteiger partial charge on any atom is 0.303 e. The molecular weight excluding hydrogens is 322 g/mol. The van der Waals surface area contributed by atoms with Crippen LogP contribution in [0.25, 0.3) is 0 Å². The highest BCUT2D eigenvalue weighted by atomic mass is 16.4. The Balaban J connectivity index is 0. The van der Waals surface area contributed by atoms with Crippen LogP contribution in [0.5, 0.6) is 0 Å². The van der Waals surface area contributed by atoms with Crippen LogP contribution in [-0.4, -0.2) is 37.1 Å². The summed E-state index contributed by atoms with van der Waals surface area (Å²) in [6.07, 6.45) is 27.3. The summed E-state index contributed by atoms with van der Waals surface area (Å²) in [5.41, 5.74) is 0. The van der Waals surface area contributed by atoms with Gasteiger partial charge < -0.3 is 10.0 Å². The van der Waals surface area contributed by atoms with E-state index in [0.29, 0.717) is 0 Å². The molecule has 0 aliphatic heterocycles. The number of nitrogens with zero attached hydrogens (tertiary/aromatic N) is 1. The molecule has 0 aliphatic rings. The Morgan fingerprint density at radius 3 is 1.50 bits per heavy atom. The molecule has 0 radical (unpaired) electrons. The Kier molecular flexibility index (Phi) is 23.9. The van der Waals surface area contributed by atoms with E-state index in [4.69, 9.17) is 5.11 Å². The van der Waals surface area contributed by atoms with Crippen molar-refractivity contribution >= 4 is 5.97 Å². The predicted octanol–water partition coefficient (Wildman–Crippen LogP) is 6.39. The van der Waals surface area contributed by atoms with Crippen molar-refractivity contribution in [1.82, 2.24) is 4.90 Å². The molecule has 0 saturated heterocycles. The van der Waals surface area contributed by atoms with Crippen molar-refractivity contribution in [2.24, 2.45) is 0 Å². The first-order valence-electron chi connectivity index (χ1n) is 9.93. The van der Waals surface area contributed by atoms with E-state index < -0.39 is 5.97 Å². The number of aliphatic carboxylic acids is 1. The van der Waals surface area contributed by atoms with E-state index in [1.54, 1.807) is 0 Å². The summed E-state index contributed by atoms with van der Waals surface area (Å²) in [5.74, 6) is -0.712. The van der Waals surface area contributed by atoms with Gasteiger partial charge in [-0.15, -0.1) is 0 Å². The lowest BCUT2D eigenvalue weighted by Gasteiger charge is -1.90. The van der Waals surface area contributed by atoms with Crippen LogP contribution in [0.3, 0.4) is 0 Å². The van der Waals surface area contributed by atoms with Crippen LogP contribution in [0.2, 0.25) is 0 Å². The molecule has 0 unspecified atom stereocenters. The van der Waals surface area contributed by atoms with E-state index in [2.05, 4.69) is 55.5 Å². The molecule has 0 aromatic rings. The molecule has 0 bridgehead atoms. The average molecular weight is 364 g/mol. The van der Waals surface area contributed by atoms with Gasteiger partial charge in [-0.05, 0) is 66.1 Å². The minimum Gasteiger partial charge on any atom is -0.481 e. The summed E-state index contributed by atoms with van der Waals surface area (Å²) in [6.45, 7) is 2.23. The van der Waals surface area contributed by atoms with Gasteiger partial charge >= 0.3 is 5.97 Å². The topological polar surface area (TPSA) is 40.5 Å². The minimum atomic E-state index is -0.712. The first-order valence-corrected chi connectivity index (χ1v) is 9.93. The first-order chi connectivity index (χ1) is 12.5. The lowest BCUT2D eigenvalue weighted by molar-refractivity contribution is -0.137. The molecule has 26 heavy (non-hydrogen) atoms. The number of hydrogen-bond acceptors (Lipinski definition) is 2. The number of allylic oxidation sites excluding steroid dienone is 8. The van der Waals surface area contributed by atoms with Gasteiger partial charge in [0.1, 0.15) is 0 Å². The smallest absolute Gasteiger partial charge is 0.303 e. The SMILES string of the molecule is CCCCCC=CCC=CCC=CCC=CCCCC(=O)O.CN(C)C. The van der Waals surface area contributed by atoms with Gasteiger partial charge in [-0.1, -0.05) is 68.4 Å². The number of unbranched alkanes of at least 4 members (excludes halogenated alkanes) is 4. The third kappa shape index (κ3) is 33.9. The number of carboxylic acids is 1. The second kappa shape index (κ2) is 23.4. The van der Waals surface area contributed by atoms with Crippen LogP contribution in [0.1, 0.15) is 71.1 Å². The zero-order chi connectivity index (χ0) is 19.9. The Morgan fingerprint density at radius 2 is 1.12 bits per heavy atom. The van der Waals surface area contributed by atoms with E-state index >= 15 is 0 Å². The maximum absolute atomic E-state index is 10.3. The Hall–Kier alpha value is -1.61. The summed E-state index contributed by atoms with van der Waals surface area (Å²) >= 11 is 0. The van der Waals surface area contributed by atoms with Crippen molar-refractivity contribution in [2.45, 2.75) is 71.1 Å². The first kappa shape index (κ1) is 26.6. The van der Waals surface area contributed by atoms with Crippen molar-refractivity contribution in [3.8, 4) is 0 Å². The van der Waals surface area contributed by atoms with E-state index in [9.17, 15) is 4.79 Å². The van der Waals surface area contributed by atoms with Gasteiger partial charge in [0.25, 0.3) is 0 Å². The molecule has 0 atom stereocenters. The summed E-state index contributed by atoms with van der Waals surface area (Å²) in [6, 6.07) is 0. The molecule has 1 N–H and O–H groups in total. The Morgan fingerprint density at radius 1 is 0.731 bits per heavy atom. The average Bonchev–Trinajstić information content (AvgIpc) is 2.57. The van der Waals surface area contributed by atoms with E-state index in [-0.39, 0.29) is 6.42 Å². The summed E-state index contributed by atoms with van der Waals surface area (Å²) in [7, 11) is 6.00. The van der Waals surface area contributed by atoms with Gasteiger partial charge in [-0.3, -0.25) is 4.79 Å². The van der Waals surface area contributed by atoms with Crippen LogP contribution in [0, 0.1) is 0 Å². The fourth-order valence-corrected chi connectivity index (χ4v) is 1.93. The van der Waals surface area contributed by atoms with Gasteiger partial charge in [0.05, 0.1) is 0 Å². The number of carboxylic acid groups (broad SMARTS) is 1. The molecule has 0 heterocycles. The monoisotopic (exact) mass is 363 g/mol. The lowest BCUT2D eigenvalue weighted by Crippen LogP contribution is -1.99. The van der Waals surface area contributed by atoms with Crippen molar-refractivity contribution in [3.63, 3.8) is 0 Å². The summed E-state index contributed by atoms with van der Waals surface area (Å²) < 4.78 is 0. The second-order valence-electron chi connectivity index (χ2n) is 6.72. The molecule has 0 spiro atoms.